The van der Waals surface area contributed by atoms with Gasteiger partial charge in [-0.25, -0.2) is 4.98 Å². The van der Waals surface area contributed by atoms with Crippen molar-refractivity contribution in [3.63, 3.8) is 0 Å². The average molecular weight is 292 g/mol. The van der Waals surface area contributed by atoms with Gasteiger partial charge in [-0.2, -0.15) is 13.2 Å². The van der Waals surface area contributed by atoms with Crippen LogP contribution in [0.25, 0.3) is 0 Å². The van der Waals surface area contributed by atoms with Crippen LogP contribution in [0.15, 0.2) is 6.20 Å². The van der Waals surface area contributed by atoms with E-state index in [2.05, 4.69) is 9.72 Å². The van der Waals surface area contributed by atoms with Crippen molar-refractivity contribution in [1.29, 1.82) is 0 Å². The number of aromatic nitrogens is 1. The molecule has 0 aliphatic heterocycles. The van der Waals surface area contributed by atoms with Crippen LogP contribution in [-0.4, -0.2) is 21.4 Å². The Balaban J connectivity index is 3.55. The number of nitro groups is 1. The quantitative estimate of drug-likeness (QED) is 0.514. The number of aromatic hydroxyl groups is 1. The fourth-order valence-corrected chi connectivity index (χ4v) is 1.11. The smallest absolute Gasteiger partial charge is 0.505 e. The number of hydrogen-bond donors (Lipinski definition) is 1. The molecule has 0 unspecified atom stereocenters. The summed E-state index contributed by atoms with van der Waals surface area (Å²) in [6.45, 7) is 0. The first-order chi connectivity index (χ1) is 8.43. The Labute approximate surface area is 98.9 Å². The predicted octanol–water partition coefficient (Wildman–Crippen LogP) is 2.61. The fraction of sp³-hybridized carbons (Fsp3) is 0.286. The van der Waals surface area contributed by atoms with Crippen LogP contribution < -0.4 is 4.74 Å². The van der Waals surface area contributed by atoms with Gasteiger partial charge in [0, 0.05) is 0 Å². The van der Waals surface area contributed by atoms with Crippen molar-refractivity contribution in [2.75, 3.05) is 0 Å². The van der Waals surface area contributed by atoms with Crippen molar-refractivity contribution in [3.05, 3.63) is 21.9 Å². The van der Waals surface area contributed by atoms with E-state index in [1.807, 2.05) is 0 Å². The Morgan fingerprint density at radius 2 is 1.79 bits per heavy atom. The van der Waals surface area contributed by atoms with Crippen LogP contribution in [0.1, 0.15) is 5.56 Å². The second-order valence-corrected chi connectivity index (χ2v) is 2.97. The minimum absolute atomic E-state index is 0.0309. The standard InChI is InChI=1S/C7H2F6N2O4/c8-6(9,10)3-2(16)1-14-5(4(3)15(17)18)19-7(11,12)13/h1,16H. The lowest BCUT2D eigenvalue weighted by Gasteiger charge is -2.12. The minimum atomic E-state index is -5.47. The van der Waals surface area contributed by atoms with Gasteiger partial charge >= 0.3 is 24.1 Å². The summed E-state index contributed by atoms with van der Waals surface area (Å²) in [4.78, 5) is 11.3. The summed E-state index contributed by atoms with van der Waals surface area (Å²) in [5, 5.41) is 19.3. The molecule has 0 spiro atoms. The third-order valence-electron chi connectivity index (χ3n) is 1.68. The monoisotopic (exact) mass is 292 g/mol. The maximum Gasteiger partial charge on any atom is 0.574 e. The first-order valence-corrected chi connectivity index (χ1v) is 4.12. The van der Waals surface area contributed by atoms with E-state index in [0.717, 1.165) is 0 Å². The number of ether oxygens (including phenoxy) is 1. The molecule has 0 atom stereocenters. The Morgan fingerprint density at radius 3 is 2.16 bits per heavy atom. The van der Waals surface area contributed by atoms with Crippen LogP contribution in [0.4, 0.5) is 32.0 Å². The highest BCUT2D eigenvalue weighted by Gasteiger charge is 2.46. The summed E-state index contributed by atoms with van der Waals surface area (Å²) in [5.74, 6) is -3.60. The third kappa shape index (κ3) is 3.35. The molecule has 0 saturated heterocycles. The van der Waals surface area contributed by atoms with Crippen LogP contribution in [0.5, 0.6) is 11.6 Å². The van der Waals surface area contributed by atoms with E-state index >= 15 is 0 Å². The van der Waals surface area contributed by atoms with Gasteiger partial charge in [0.05, 0.1) is 11.1 Å². The summed E-state index contributed by atoms with van der Waals surface area (Å²) in [6.07, 6.45) is -11.0. The lowest BCUT2D eigenvalue weighted by Crippen LogP contribution is -2.20. The predicted molar refractivity (Wildman–Crippen MR) is 44.2 cm³/mol. The maximum atomic E-state index is 12.5. The molecular weight excluding hydrogens is 290 g/mol. The molecule has 0 radical (unpaired) electrons. The van der Waals surface area contributed by atoms with E-state index in [9.17, 15) is 36.5 Å². The highest BCUT2D eigenvalue weighted by molar-refractivity contribution is 5.55. The molecule has 0 aromatic carbocycles. The van der Waals surface area contributed by atoms with Gasteiger partial charge in [0.25, 0.3) is 0 Å². The van der Waals surface area contributed by atoms with Crippen molar-refractivity contribution < 1.29 is 41.1 Å². The summed E-state index contributed by atoms with van der Waals surface area (Å²) >= 11 is 0. The normalized spacial score (nSPS) is 12.3. The van der Waals surface area contributed by atoms with Crippen molar-refractivity contribution in [1.82, 2.24) is 4.98 Å². The topological polar surface area (TPSA) is 85.5 Å². The highest BCUT2D eigenvalue weighted by atomic mass is 19.4. The molecule has 0 aliphatic rings. The van der Waals surface area contributed by atoms with Gasteiger partial charge in [-0.1, -0.05) is 0 Å². The second-order valence-electron chi connectivity index (χ2n) is 2.97. The SMILES string of the molecule is O=[N+]([O-])c1c(OC(F)(F)F)ncc(O)c1C(F)(F)F. The van der Waals surface area contributed by atoms with Gasteiger partial charge in [-0.15, -0.1) is 13.2 Å². The molecule has 0 bridgehead atoms. The molecule has 19 heavy (non-hydrogen) atoms. The van der Waals surface area contributed by atoms with E-state index in [1.165, 1.54) is 0 Å². The average Bonchev–Trinajstić information content (AvgIpc) is 2.15. The molecule has 1 N–H and O–H groups in total. The largest absolute Gasteiger partial charge is 0.574 e. The van der Waals surface area contributed by atoms with Crippen molar-refractivity contribution in [2.24, 2.45) is 0 Å². The van der Waals surface area contributed by atoms with E-state index in [1.54, 1.807) is 0 Å². The van der Waals surface area contributed by atoms with Crippen LogP contribution in [0.3, 0.4) is 0 Å². The summed E-state index contributed by atoms with van der Waals surface area (Å²) < 4.78 is 76.0. The van der Waals surface area contributed by atoms with Crippen LogP contribution in [0, 0.1) is 10.1 Å². The summed E-state index contributed by atoms with van der Waals surface area (Å²) in [5.41, 5.74) is -4.39. The lowest BCUT2D eigenvalue weighted by molar-refractivity contribution is -0.392. The van der Waals surface area contributed by atoms with Gasteiger partial charge in [0.15, 0.2) is 11.3 Å². The van der Waals surface area contributed by atoms with E-state index in [0.29, 0.717) is 0 Å². The molecule has 0 fully saturated rings. The first kappa shape index (κ1) is 14.8. The highest BCUT2D eigenvalue weighted by Crippen LogP contribution is 2.45. The Kier molecular flexibility index (Phi) is 3.45. The summed E-state index contributed by atoms with van der Waals surface area (Å²) in [7, 11) is 0. The Hall–Kier alpha value is -2.27. The molecule has 1 aromatic rings. The fourth-order valence-electron chi connectivity index (χ4n) is 1.11. The number of rotatable bonds is 2. The molecule has 12 heteroatoms. The van der Waals surface area contributed by atoms with Crippen LogP contribution >= 0.6 is 0 Å². The van der Waals surface area contributed by atoms with Crippen LogP contribution in [-0.2, 0) is 6.18 Å². The zero-order chi connectivity index (χ0) is 15.0. The van der Waals surface area contributed by atoms with E-state index < -0.39 is 40.3 Å². The van der Waals surface area contributed by atoms with Crippen molar-refractivity contribution in [3.8, 4) is 11.6 Å². The molecule has 106 valence electrons. The molecule has 1 heterocycles. The molecule has 6 nitrogen and oxygen atoms in total. The Bertz CT molecular complexity index is 512. The molecule has 1 aromatic heterocycles. The lowest BCUT2D eigenvalue weighted by atomic mass is 10.2. The van der Waals surface area contributed by atoms with Crippen molar-refractivity contribution >= 4 is 5.69 Å². The van der Waals surface area contributed by atoms with Crippen LogP contribution in [0.2, 0.25) is 0 Å². The van der Waals surface area contributed by atoms with E-state index in [-0.39, 0.29) is 6.20 Å². The zero-order valence-electron chi connectivity index (χ0n) is 8.41. The third-order valence-corrected chi connectivity index (χ3v) is 1.68. The number of nitrogens with zero attached hydrogens (tertiary/aromatic N) is 2. The van der Waals surface area contributed by atoms with Gasteiger partial charge < -0.3 is 9.84 Å². The van der Waals surface area contributed by atoms with Gasteiger partial charge in [0.1, 0.15) is 0 Å². The molecular formula is C7H2F6N2O4. The number of alkyl halides is 6. The zero-order valence-corrected chi connectivity index (χ0v) is 8.41. The number of hydrogen-bond acceptors (Lipinski definition) is 5. The van der Waals surface area contributed by atoms with Gasteiger partial charge in [-0.3, -0.25) is 10.1 Å². The maximum absolute atomic E-state index is 12.5. The first-order valence-electron chi connectivity index (χ1n) is 4.12. The number of pyridine rings is 1. The van der Waals surface area contributed by atoms with Gasteiger partial charge in [0.2, 0.25) is 0 Å². The van der Waals surface area contributed by atoms with Crippen molar-refractivity contribution in [2.45, 2.75) is 12.5 Å². The Morgan fingerprint density at radius 1 is 1.26 bits per heavy atom. The molecule has 0 saturated carbocycles. The minimum Gasteiger partial charge on any atom is -0.505 e. The number of halogens is 6. The van der Waals surface area contributed by atoms with E-state index in [4.69, 9.17) is 5.11 Å². The summed E-state index contributed by atoms with van der Waals surface area (Å²) in [6, 6.07) is 0. The van der Waals surface area contributed by atoms with Gasteiger partial charge in [-0.05, 0) is 0 Å². The molecule has 0 aliphatic carbocycles. The second kappa shape index (κ2) is 4.44. The molecule has 0 amide bonds. The molecule has 1 rings (SSSR count).